The summed E-state index contributed by atoms with van der Waals surface area (Å²) in [4.78, 5) is 12.0. The van der Waals surface area contributed by atoms with Gasteiger partial charge in [0.05, 0.1) is 16.6 Å². The van der Waals surface area contributed by atoms with E-state index in [1.165, 1.54) is 31.2 Å². The second kappa shape index (κ2) is 7.85. The first-order valence-corrected chi connectivity index (χ1v) is 8.93. The molecule has 0 unspecified atom stereocenters. The van der Waals surface area contributed by atoms with Crippen molar-refractivity contribution in [3.63, 3.8) is 0 Å². The zero-order chi connectivity index (χ0) is 19.5. The lowest BCUT2D eigenvalue weighted by Crippen LogP contribution is -2.37. The number of sulfonamides is 1. The number of benzene rings is 2. The molecular weight excluding hydrogens is 371 g/mol. The van der Waals surface area contributed by atoms with Crippen molar-refractivity contribution in [2.45, 2.75) is 24.4 Å². The normalized spacial score (nSPS) is 12.7. The number of halogens is 3. The van der Waals surface area contributed by atoms with Gasteiger partial charge in [-0.3, -0.25) is 4.79 Å². The predicted molar refractivity (Wildman–Crippen MR) is 89.1 cm³/mol. The largest absolute Gasteiger partial charge is 0.322 e. The van der Waals surface area contributed by atoms with Crippen LogP contribution in [0.5, 0.6) is 0 Å². The number of carbonyl (C=O) groups excluding carboxylic acids is 1. The highest BCUT2D eigenvalue weighted by Crippen LogP contribution is 2.19. The first-order valence-electron chi connectivity index (χ1n) is 7.39. The van der Waals surface area contributed by atoms with E-state index in [4.69, 9.17) is 5.14 Å². The van der Waals surface area contributed by atoms with E-state index in [1.807, 2.05) is 0 Å². The molecule has 2 aromatic rings. The molecule has 2 rings (SSSR count). The van der Waals surface area contributed by atoms with Gasteiger partial charge in [0.1, 0.15) is 0 Å². The Labute approximate surface area is 148 Å². The fourth-order valence-corrected chi connectivity index (χ4v) is 2.54. The topological polar surface area (TPSA) is 101 Å². The number of hydrogen-bond donors (Lipinski definition) is 3. The van der Waals surface area contributed by atoms with Gasteiger partial charge >= 0.3 is 0 Å². The summed E-state index contributed by atoms with van der Waals surface area (Å²) >= 11 is 0. The highest BCUT2D eigenvalue weighted by atomic mass is 32.2. The van der Waals surface area contributed by atoms with Crippen molar-refractivity contribution in [1.29, 1.82) is 0 Å². The van der Waals surface area contributed by atoms with Crippen LogP contribution < -0.4 is 15.8 Å². The van der Waals surface area contributed by atoms with E-state index in [0.29, 0.717) is 11.6 Å². The molecule has 0 heterocycles. The number of rotatable bonds is 6. The number of anilines is 1. The van der Waals surface area contributed by atoms with E-state index in [1.54, 1.807) is 0 Å². The second-order valence-electron chi connectivity index (χ2n) is 5.50. The maximum Gasteiger partial charge on any atom is 0.241 e. The van der Waals surface area contributed by atoms with Crippen LogP contribution in [0.3, 0.4) is 0 Å². The molecule has 2 aromatic carbocycles. The standard InChI is InChI=1S/C16H16F3N3O3S/c1-9(16(23)22-13-7-6-12(17)14(18)15(13)19)21-8-10-2-4-11(5-3-10)26(20,24)25/h2-7,9,21H,8H2,1H3,(H,22,23)(H2,20,24,25)/t9-/m0/s1. The molecule has 0 aliphatic heterocycles. The lowest BCUT2D eigenvalue weighted by atomic mass is 10.2. The molecule has 0 saturated carbocycles. The molecule has 1 amide bonds. The quantitative estimate of drug-likeness (QED) is 0.659. The van der Waals surface area contributed by atoms with Crippen LogP contribution in [0.15, 0.2) is 41.3 Å². The Morgan fingerprint density at radius 2 is 1.69 bits per heavy atom. The third-order valence-corrected chi connectivity index (χ3v) is 4.48. The van der Waals surface area contributed by atoms with E-state index >= 15 is 0 Å². The van der Waals surface area contributed by atoms with Gasteiger partial charge < -0.3 is 10.6 Å². The Balaban J connectivity index is 1.96. The average molecular weight is 387 g/mol. The molecule has 26 heavy (non-hydrogen) atoms. The van der Waals surface area contributed by atoms with Crippen molar-refractivity contribution >= 4 is 21.6 Å². The van der Waals surface area contributed by atoms with Gasteiger partial charge in [-0.25, -0.2) is 26.7 Å². The maximum absolute atomic E-state index is 13.6. The summed E-state index contributed by atoms with van der Waals surface area (Å²) in [5.41, 5.74) is 0.205. The fourth-order valence-electron chi connectivity index (χ4n) is 2.02. The summed E-state index contributed by atoms with van der Waals surface area (Å²) in [5.74, 6) is -5.16. The molecule has 0 radical (unpaired) electrons. The molecule has 0 fully saturated rings. The summed E-state index contributed by atoms with van der Waals surface area (Å²) in [6.07, 6.45) is 0. The van der Waals surface area contributed by atoms with Crippen LogP contribution >= 0.6 is 0 Å². The smallest absolute Gasteiger partial charge is 0.241 e. The van der Waals surface area contributed by atoms with Crippen molar-refractivity contribution in [1.82, 2.24) is 5.32 Å². The van der Waals surface area contributed by atoms with Crippen LogP contribution in [0.2, 0.25) is 0 Å². The fraction of sp³-hybridized carbons (Fsp3) is 0.188. The van der Waals surface area contributed by atoms with Gasteiger partial charge in [-0.05, 0) is 36.8 Å². The molecule has 140 valence electrons. The Hall–Kier alpha value is -2.43. The number of primary sulfonamides is 1. The first kappa shape index (κ1) is 19.9. The molecule has 0 bridgehead atoms. The van der Waals surface area contributed by atoms with Gasteiger partial charge in [0.2, 0.25) is 15.9 Å². The SMILES string of the molecule is C[C@H](NCc1ccc(S(N)(=O)=O)cc1)C(=O)Nc1ccc(F)c(F)c1F. The number of hydrogen-bond acceptors (Lipinski definition) is 4. The number of amides is 1. The minimum absolute atomic E-state index is 0.0409. The molecule has 4 N–H and O–H groups in total. The molecule has 0 aliphatic carbocycles. The van der Waals surface area contributed by atoms with Crippen LogP contribution in [-0.4, -0.2) is 20.4 Å². The van der Waals surface area contributed by atoms with Gasteiger partial charge in [0, 0.05) is 6.54 Å². The molecule has 6 nitrogen and oxygen atoms in total. The van der Waals surface area contributed by atoms with E-state index in [9.17, 15) is 26.4 Å². The summed E-state index contributed by atoms with van der Waals surface area (Å²) in [6.45, 7) is 1.70. The molecule has 0 spiro atoms. The molecular formula is C16H16F3N3O3S. The molecule has 10 heteroatoms. The summed E-state index contributed by atoms with van der Waals surface area (Å²) in [6, 6.07) is 6.53. The number of carbonyl (C=O) groups is 1. The minimum Gasteiger partial charge on any atom is -0.322 e. The van der Waals surface area contributed by atoms with Gasteiger partial charge in [0.25, 0.3) is 0 Å². The Morgan fingerprint density at radius 3 is 2.27 bits per heavy atom. The highest BCUT2D eigenvalue weighted by Gasteiger charge is 2.18. The van der Waals surface area contributed by atoms with Gasteiger partial charge in [-0.15, -0.1) is 0 Å². The highest BCUT2D eigenvalue weighted by molar-refractivity contribution is 7.89. The van der Waals surface area contributed by atoms with Crippen LogP contribution in [0, 0.1) is 17.5 Å². The zero-order valence-electron chi connectivity index (χ0n) is 13.6. The maximum atomic E-state index is 13.6. The predicted octanol–water partition coefficient (Wildman–Crippen LogP) is 1.87. The number of nitrogens with two attached hydrogens (primary N) is 1. The first-order chi connectivity index (χ1) is 12.1. The lowest BCUT2D eigenvalue weighted by Gasteiger charge is -2.15. The third kappa shape index (κ3) is 4.81. The lowest BCUT2D eigenvalue weighted by molar-refractivity contribution is -0.117. The van der Waals surface area contributed by atoms with E-state index in [0.717, 1.165) is 6.07 Å². The van der Waals surface area contributed by atoms with Crippen LogP contribution in [-0.2, 0) is 21.4 Å². The van der Waals surface area contributed by atoms with Gasteiger partial charge in [-0.1, -0.05) is 12.1 Å². The van der Waals surface area contributed by atoms with Crippen LogP contribution in [0.4, 0.5) is 18.9 Å². The van der Waals surface area contributed by atoms with Crippen molar-refractivity contribution < 1.29 is 26.4 Å². The van der Waals surface area contributed by atoms with Crippen molar-refractivity contribution in [3.05, 3.63) is 59.4 Å². The van der Waals surface area contributed by atoms with Crippen molar-refractivity contribution in [2.24, 2.45) is 5.14 Å². The molecule has 0 aromatic heterocycles. The second-order valence-corrected chi connectivity index (χ2v) is 7.07. The van der Waals surface area contributed by atoms with Crippen LogP contribution in [0.25, 0.3) is 0 Å². The number of nitrogens with one attached hydrogen (secondary N) is 2. The monoisotopic (exact) mass is 387 g/mol. The summed E-state index contributed by atoms with van der Waals surface area (Å²) < 4.78 is 62.0. The van der Waals surface area contributed by atoms with Gasteiger partial charge in [0.15, 0.2) is 17.5 Å². The summed E-state index contributed by atoms with van der Waals surface area (Å²) in [5, 5.41) is 10.0. The van der Waals surface area contributed by atoms with E-state index < -0.39 is 45.1 Å². The van der Waals surface area contributed by atoms with Crippen molar-refractivity contribution in [3.8, 4) is 0 Å². The Bertz CT molecular complexity index is 918. The average Bonchev–Trinajstić information content (AvgIpc) is 2.59. The van der Waals surface area contributed by atoms with E-state index in [2.05, 4.69) is 10.6 Å². The Kier molecular flexibility index (Phi) is 6.01. The Morgan fingerprint density at radius 1 is 1.08 bits per heavy atom. The molecule has 0 aliphatic rings. The third-order valence-electron chi connectivity index (χ3n) is 3.55. The van der Waals surface area contributed by atoms with Gasteiger partial charge in [-0.2, -0.15) is 0 Å². The van der Waals surface area contributed by atoms with Crippen LogP contribution in [0.1, 0.15) is 12.5 Å². The molecule has 0 saturated heterocycles. The van der Waals surface area contributed by atoms with E-state index in [-0.39, 0.29) is 11.4 Å². The minimum atomic E-state index is -3.79. The molecule has 1 atom stereocenters. The van der Waals surface area contributed by atoms with Crippen molar-refractivity contribution in [2.75, 3.05) is 5.32 Å². The summed E-state index contributed by atoms with van der Waals surface area (Å²) in [7, 11) is -3.79. The zero-order valence-corrected chi connectivity index (χ0v) is 14.4.